The number of ether oxygens (including phenoxy) is 2. The quantitative estimate of drug-likeness (QED) is 0.712. The van der Waals surface area contributed by atoms with Crippen molar-refractivity contribution in [1.82, 2.24) is 5.32 Å². The minimum atomic E-state index is -0.966. The van der Waals surface area contributed by atoms with Crippen LogP contribution in [0.4, 0.5) is 0 Å². The fourth-order valence-corrected chi connectivity index (χ4v) is 2.30. The molecule has 1 saturated carbocycles. The highest BCUT2D eigenvalue weighted by atomic mass is 16.5. The van der Waals surface area contributed by atoms with Gasteiger partial charge in [0, 0.05) is 19.2 Å². The molecule has 1 aliphatic carbocycles. The largest absolute Gasteiger partial charge is 0.491 e. The van der Waals surface area contributed by atoms with Crippen molar-refractivity contribution >= 4 is 5.97 Å². The van der Waals surface area contributed by atoms with E-state index < -0.39 is 5.97 Å². The van der Waals surface area contributed by atoms with E-state index in [1.165, 1.54) is 0 Å². The molecule has 0 aromatic heterocycles. The highest BCUT2D eigenvalue weighted by Gasteiger charge is 2.28. The van der Waals surface area contributed by atoms with Crippen LogP contribution in [0.1, 0.15) is 30.1 Å². The SMILES string of the molecule is CCOC1CC(NCCOc2ccccc2C(=O)O)C1. The molecule has 2 N–H and O–H groups in total. The van der Waals surface area contributed by atoms with Crippen molar-refractivity contribution in [3.8, 4) is 5.75 Å². The molecule has 0 saturated heterocycles. The van der Waals surface area contributed by atoms with E-state index in [1.807, 2.05) is 6.92 Å². The van der Waals surface area contributed by atoms with Gasteiger partial charge < -0.3 is 19.9 Å². The molecule has 5 heteroatoms. The van der Waals surface area contributed by atoms with Gasteiger partial charge in [-0.2, -0.15) is 0 Å². The van der Waals surface area contributed by atoms with Gasteiger partial charge in [-0.25, -0.2) is 4.79 Å². The zero-order valence-corrected chi connectivity index (χ0v) is 11.7. The Labute approximate surface area is 118 Å². The van der Waals surface area contributed by atoms with Crippen LogP contribution >= 0.6 is 0 Å². The van der Waals surface area contributed by atoms with E-state index in [9.17, 15) is 4.79 Å². The summed E-state index contributed by atoms with van der Waals surface area (Å²) in [4.78, 5) is 11.0. The standard InChI is InChI=1S/C15H21NO4/c1-2-19-12-9-11(10-12)16-7-8-20-14-6-4-3-5-13(14)15(17)18/h3-6,11-12,16H,2,7-10H2,1H3,(H,17,18). The summed E-state index contributed by atoms with van der Waals surface area (Å²) < 4.78 is 11.0. The van der Waals surface area contributed by atoms with Gasteiger partial charge in [0.1, 0.15) is 17.9 Å². The first-order valence-electron chi connectivity index (χ1n) is 7.00. The number of hydrogen-bond donors (Lipinski definition) is 2. The van der Waals surface area contributed by atoms with Crippen molar-refractivity contribution in [2.24, 2.45) is 0 Å². The zero-order valence-electron chi connectivity index (χ0n) is 11.7. The van der Waals surface area contributed by atoms with E-state index in [4.69, 9.17) is 14.6 Å². The van der Waals surface area contributed by atoms with Gasteiger partial charge in [0.2, 0.25) is 0 Å². The fourth-order valence-electron chi connectivity index (χ4n) is 2.30. The molecule has 1 fully saturated rings. The van der Waals surface area contributed by atoms with Crippen molar-refractivity contribution in [2.75, 3.05) is 19.8 Å². The average Bonchev–Trinajstić information content (AvgIpc) is 2.40. The second-order valence-corrected chi connectivity index (χ2v) is 4.85. The summed E-state index contributed by atoms with van der Waals surface area (Å²) in [5.74, 6) is -0.547. The Morgan fingerprint density at radius 3 is 2.85 bits per heavy atom. The molecule has 0 radical (unpaired) electrons. The van der Waals surface area contributed by atoms with Crippen molar-refractivity contribution in [2.45, 2.75) is 31.9 Å². The van der Waals surface area contributed by atoms with Crippen LogP contribution in [0, 0.1) is 0 Å². The van der Waals surface area contributed by atoms with Crippen LogP contribution in [0.15, 0.2) is 24.3 Å². The molecule has 0 bridgehead atoms. The predicted molar refractivity (Wildman–Crippen MR) is 75.3 cm³/mol. The van der Waals surface area contributed by atoms with Crippen molar-refractivity contribution in [3.63, 3.8) is 0 Å². The minimum absolute atomic E-state index is 0.201. The molecular formula is C15H21NO4. The summed E-state index contributed by atoms with van der Waals surface area (Å²) >= 11 is 0. The van der Waals surface area contributed by atoms with Crippen LogP contribution in [0.3, 0.4) is 0 Å². The molecule has 0 heterocycles. The molecule has 5 nitrogen and oxygen atoms in total. The first-order chi connectivity index (χ1) is 9.70. The van der Waals surface area contributed by atoms with Gasteiger partial charge in [0.05, 0.1) is 6.10 Å². The first-order valence-corrected chi connectivity index (χ1v) is 7.00. The van der Waals surface area contributed by atoms with E-state index in [-0.39, 0.29) is 5.56 Å². The Balaban J connectivity index is 1.66. The second-order valence-electron chi connectivity index (χ2n) is 4.85. The Morgan fingerprint density at radius 2 is 2.15 bits per heavy atom. The normalized spacial score (nSPS) is 21.2. The molecule has 0 spiro atoms. The lowest BCUT2D eigenvalue weighted by Gasteiger charge is -2.35. The van der Waals surface area contributed by atoms with E-state index in [2.05, 4.69) is 5.32 Å². The molecule has 110 valence electrons. The van der Waals surface area contributed by atoms with E-state index >= 15 is 0 Å². The lowest BCUT2D eigenvalue weighted by atomic mass is 9.89. The summed E-state index contributed by atoms with van der Waals surface area (Å²) in [5.41, 5.74) is 0.201. The van der Waals surface area contributed by atoms with Gasteiger partial charge >= 0.3 is 5.97 Å². The van der Waals surface area contributed by atoms with E-state index in [1.54, 1.807) is 24.3 Å². The van der Waals surface area contributed by atoms with Crippen LogP contribution in [0.2, 0.25) is 0 Å². The summed E-state index contributed by atoms with van der Waals surface area (Å²) in [6.07, 6.45) is 2.48. The van der Waals surface area contributed by atoms with Gasteiger partial charge in [-0.3, -0.25) is 0 Å². The monoisotopic (exact) mass is 279 g/mol. The maximum Gasteiger partial charge on any atom is 0.339 e. The molecule has 0 atom stereocenters. The Morgan fingerprint density at radius 1 is 1.40 bits per heavy atom. The molecule has 1 aromatic carbocycles. The molecule has 0 amide bonds. The zero-order chi connectivity index (χ0) is 14.4. The predicted octanol–water partition coefficient (Wildman–Crippen LogP) is 1.92. The molecule has 0 aliphatic heterocycles. The number of nitrogens with one attached hydrogen (secondary N) is 1. The maximum atomic E-state index is 11.0. The third kappa shape index (κ3) is 3.95. The Bertz CT molecular complexity index is 443. The number of hydrogen-bond acceptors (Lipinski definition) is 4. The highest BCUT2D eigenvalue weighted by Crippen LogP contribution is 2.23. The number of carbonyl (C=O) groups is 1. The lowest BCUT2D eigenvalue weighted by molar-refractivity contribution is -0.0103. The summed E-state index contributed by atoms with van der Waals surface area (Å²) in [6.45, 7) is 3.94. The van der Waals surface area contributed by atoms with E-state index in [0.717, 1.165) is 19.4 Å². The topological polar surface area (TPSA) is 67.8 Å². The van der Waals surface area contributed by atoms with Crippen LogP contribution in [0.5, 0.6) is 5.75 Å². The van der Waals surface area contributed by atoms with Crippen molar-refractivity contribution in [3.05, 3.63) is 29.8 Å². The fraction of sp³-hybridized carbons (Fsp3) is 0.533. The van der Waals surface area contributed by atoms with Gasteiger partial charge in [0.25, 0.3) is 0 Å². The van der Waals surface area contributed by atoms with Gasteiger partial charge in [0.15, 0.2) is 0 Å². The number of carboxylic acid groups (broad SMARTS) is 1. The average molecular weight is 279 g/mol. The number of aromatic carboxylic acids is 1. The lowest BCUT2D eigenvalue weighted by Crippen LogP contribution is -2.46. The second kappa shape index (κ2) is 7.26. The molecule has 0 unspecified atom stereocenters. The maximum absolute atomic E-state index is 11.0. The third-order valence-corrected chi connectivity index (χ3v) is 3.41. The summed E-state index contributed by atoms with van der Waals surface area (Å²) in [5, 5.41) is 12.4. The molecule has 20 heavy (non-hydrogen) atoms. The molecule has 1 aliphatic rings. The Hall–Kier alpha value is -1.59. The highest BCUT2D eigenvalue weighted by molar-refractivity contribution is 5.90. The van der Waals surface area contributed by atoms with Gasteiger partial charge in [-0.15, -0.1) is 0 Å². The number of rotatable bonds is 8. The minimum Gasteiger partial charge on any atom is -0.491 e. The van der Waals surface area contributed by atoms with Crippen LogP contribution in [-0.2, 0) is 4.74 Å². The first kappa shape index (κ1) is 14.8. The van der Waals surface area contributed by atoms with Crippen LogP contribution in [0.25, 0.3) is 0 Å². The number of para-hydroxylation sites is 1. The third-order valence-electron chi connectivity index (χ3n) is 3.41. The molecular weight excluding hydrogens is 258 g/mol. The molecule has 1 aromatic rings. The van der Waals surface area contributed by atoms with E-state index in [0.29, 0.717) is 31.0 Å². The number of carboxylic acids is 1. The summed E-state index contributed by atoms with van der Waals surface area (Å²) in [7, 11) is 0. The van der Waals surface area contributed by atoms with Gasteiger partial charge in [-0.05, 0) is 31.9 Å². The molecule has 2 rings (SSSR count). The van der Waals surface area contributed by atoms with Crippen LogP contribution in [-0.4, -0.2) is 43.0 Å². The smallest absolute Gasteiger partial charge is 0.339 e. The van der Waals surface area contributed by atoms with Crippen molar-refractivity contribution in [1.29, 1.82) is 0 Å². The summed E-state index contributed by atoms with van der Waals surface area (Å²) in [6, 6.07) is 7.18. The Kier molecular flexibility index (Phi) is 5.38. The van der Waals surface area contributed by atoms with Gasteiger partial charge in [-0.1, -0.05) is 12.1 Å². The van der Waals surface area contributed by atoms with Crippen molar-refractivity contribution < 1.29 is 19.4 Å². The van der Waals surface area contributed by atoms with Crippen LogP contribution < -0.4 is 10.1 Å². The number of benzene rings is 1.